The summed E-state index contributed by atoms with van der Waals surface area (Å²) in [6.45, 7) is 2.09. The Hall–Kier alpha value is -5.02. The van der Waals surface area contributed by atoms with Gasteiger partial charge in [-0.1, -0.05) is 72.8 Å². The van der Waals surface area contributed by atoms with Gasteiger partial charge in [0.2, 0.25) is 5.69 Å². The van der Waals surface area contributed by atoms with Gasteiger partial charge in [0, 0.05) is 22.9 Å². The highest BCUT2D eigenvalue weighted by Gasteiger charge is 2.23. The van der Waals surface area contributed by atoms with Crippen molar-refractivity contribution in [2.45, 2.75) is 6.92 Å². The molecule has 0 aliphatic heterocycles. The second-order valence-electron chi connectivity index (χ2n) is 10.6. The van der Waals surface area contributed by atoms with E-state index in [1.807, 2.05) is 37.5 Å². The molecule has 0 saturated heterocycles. The highest BCUT2D eigenvalue weighted by atomic mass is 19.1. The summed E-state index contributed by atoms with van der Waals surface area (Å²) in [6.07, 6.45) is 2.03. The summed E-state index contributed by atoms with van der Waals surface area (Å²) in [6, 6.07) is 37.0. The van der Waals surface area contributed by atoms with Crippen LogP contribution >= 0.6 is 0 Å². The molecule has 0 unspecified atom stereocenters. The van der Waals surface area contributed by atoms with Crippen LogP contribution in [-0.2, 0) is 7.05 Å². The van der Waals surface area contributed by atoms with Crippen molar-refractivity contribution >= 4 is 54.3 Å². The van der Waals surface area contributed by atoms with E-state index >= 15 is 4.39 Å². The molecule has 2 nitrogen and oxygen atoms in total. The first kappa shape index (κ1) is 22.9. The van der Waals surface area contributed by atoms with Crippen molar-refractivity contribution in [3.05, 3.63) is 127 Å². The molecule has 0 atom stereocenters. The number of fused-ring (bicyclic) bond motifs is 9. The van der Waals surface area contributed by atoms with Crippen molar-refractivity contribution < 1.29 is 13.4 Å². The number of aryl methyl sites for hydroxylation is 2. The minimum atomic E-state index is -0.292. The number of aromatic nitrogens is 1. The van der Waals surface area contributed by atoms with E-state index in [1.54, 1.807) is 6.07 Å². The lowest BCUT2D eigenvalue weighted by atomic mass is 9.91. The van der Waals surface area contributed by atoms with Gasteiger partial charge >= 0.3 is 0 Å². The number of furan rings is 1. The number of nitrogens with zero attached hydrogens (tertiary/aromatic N) is 1. The van der Waals surface area contributed by atoms with Crippen LogP contribution in [0.25, 0.3) is 76.6 Å². The van der Waals surface area contributed by atoms with E-state index < -0.39 is 0 Å². The summed E-state index contributed by atoms with van der Waals surface area (Å²) < 4.78 is 24.6. The van der Waals surface area contributed by atoms with E-state index in [-0.39, 0.29) is 5.82 Å². The Kier molecular flexibility index (Phi) is 4.86. The van der Waals surface area contributed by atoms with Crippen LogP contribution in [0.4, 0.5) is 4.39 Å². The molecule has 0 radical (unpaired) electrons. The molecule has 0 aliphatic rings. The Morgan fingerprint density at radius 3 is 1.77 bits per heavy atom. The van der Waals surface area contributed by atoms with E-state index in [9.17, 15) is 0 Å². The number of hydrogen-bond donors (Lipinski definition) is 0. The number of hydrogen-bond acceptors (Lipinski definition) is 1. The lowest BCUT2D eigenvalue weighted by molar-refractivity contribution is -0.660. The average Bonchev–Trinajstić information content (AvgIpc) is 3.36. The van der Waals surface area contributed by atoms with Crippen molar-refractivity contribution in [2.24, 2.45) is 7.05 Å². The first-order valence-corrected chi connectivity index (χ1v) is 13.5. The summed E-state index contributed by atoms with van der Waals surface area (Å²) >= 11 is 0. The summed E-state index contributed by atoms with van der Waals surface area (Å²) in [5.74, 6) is -0.292. The van der Waals surface area contributed by atoms with Crippen LogP contribution < -0.4 is 4.57 Å². The summed E-state index contributed by atoms with van der Waals surface area (Å²) in [7, 11) is 2.03. The Bertz CT molecular complexity index is 2280. The molecule has 2 aromatic heterocycles. The molecule has 3 heteroatoms. The molecule has 0 N–H and O–H groups in total. The maximum atomic E-state index is 15.8. The molecule has 8 aromatic rings. The van der Waals surface area contributed by atoms with Crippen molar-refractivity contribution in [1.82, 2.24) is 0 Å². The first-order chi connectivity index (χ1) is 19.6. The zero-order chi connectivity index (χ0) is 27.0. The van der Waals surface area contributed by atoms with Crippen LogP contribution in [-0.4, -0.2) is 0 Å². The Morgan fingerprint density at radius 2 is 1.10 bits per heavy atom. The maximum Gasteiger partial charge on any atom is 0.216 e. The lowest BCUT2D eigenvalue weighted by Crippen LogP contribution is -2.30. The fraction of sp³-hybridized carbons (Fsp3) is 0.0541. The van der Waals surface area contributed by atoms with Crippen LogP contribution in [0.3, 0.4) is 0 Å². The highest BCUT2D eigenvalue weighted by Crippen LogP contribution is 2.43. The van der Waals surface area contributed by atoms with E-state index in [2.05, 4.69) is 90.4 Å². The Balaban J connectivity index is 1.46. The molecule has 0 spiro atoms. The molecule has 2 heterocycles. The largest absolute Gasteiger partial charge is 0.454 e. The molecular formula is C37H25FNO+. The van der Waals surface area contributed by atoms with Gasteiger partial charge in [0.15, 0.2) is 6.20 Å². The topological polar surface area (TPSA) is 17.0 Å². The Morgan fingerprint density at radius 1 is 0.550 bits per heavy atom. The van der Waals surface area contributed by atoms with Gasteiger partial charge in [0.1, 0.15) is 24.0 Å². The van der Waals surface area contributed by atoms with Gasteiger partial charge in [-0.05, 0) is 74.6 Å². The van der Waals surface area contributed by atoms with Crippen LogP contribution in [0.15, 0.2) is 120 Å². The molecule has 190 valence electrons. The minimum Gasteiger partial charge on any atom is -0.454 e. The second-order valence-corrected chi connectivity index (χ2v) is 10.6. The van der Waals surface area contributed by atoms with Gasteiger partial charge < -0.3 is 4.42 Å². The molecule has 0 aliphatic carbocycles. The molecule has 40 heavy (non-hydrogen) atoms. The quantitative estimate of drug-likeness (QED) is 0.164. The van der Waals surface area contributed by atoms with Gasteiger partial charge in [0.25, 0.3) is 0 Å². The normalized spacial score (nSPS) is 11.9. The zero-order valence-corrected chi connectivity index (χ0v) is 22.2. The lowest BCUT2D eigenvalue weighted by Gasteiger charge is -2.12. The monoisotopic (exact) mass is 518 g/mol. The van der Waals surface area contributed by atoms with Crippen LogP contribution in [0.1, 0.15) is 5.56 Å². The maximum absolute atomic E-state index is 15.8. The van der Waals surface area contributed by atoms with Crippen molar-refractivity contribution in [3.63, 3.8) is 0 Å². The van der Waals surface area contributed by atoms with Gasteiger partial charge in [0.05, 0.1) is 11.1 Å². The number of benzene rings is 6. The third kappa shape index (κ3) is 3.18. The third-order valence-corrected chi connectivity index (χ3v) is 8.31. The fourth-order valence-corrected chi connectivity index (χ4v) is 6.41. The minimum absolute atomic E-state index is 0.292. The standard InChI is InChI=1S/C37H25FNO/c1-22-14-16-29-30-18-19-32(38)35(37(30)40-36(29)34(22)33-13-7-8-20-39(33)2)23-15-17-28-26-11-4-3-9-24(26)25-10-5-6-12-27(25)31(28)21-23/h3-21H,1-2H3/q+1. The summed E-state index contributed by atoms with van der Waals surface area (Å²) in [4.78, 5) is 0. The molecule has 0 saturated carbocycles. The number of rotatable bonds is 2. The fourth-order valence-electron chi connectivity index (χ4n) is 6.41. The van der Waals surface area contributed by atoms with Gasteiger partial charge in [-0.15, -0.1) is 0 Å². The van der Waals surface area contributed by atoms with Gasteiger partial charge in [-0.2, -0.15) is 0 Å². The molecule has 0 fully saturated rings. The number of pyridine rings is 1. The zero-order valence-electron chi connectivity index (χ0n) is 22.2. The average molecular weight is 519 g/mol. The van der Waals surface area contributed by atoms with E-state index in [4.69, 9.17) is 4.42 Å². The van der Waals surface area contributed by atoms with Crippen LogP contribution in [0, 0.1) is 12.7 Å². The van der Waals surface area contributed by atoms with Gasteiger partial charge in [-0.25, -0.2) is 8.96 Å². The molecule has 0 bridgehead atoms. The van der Waals surface area contributed by atoms with E-state index in [0.717, 1.165) is 54.9 Å². The van der Waals surface area contributed by atoms with Crippen molar-refractivity contribution in [3.8, 4) is 22.4 Å². The molecule has 6 aromatic carbocycles. The molecule has 0 amide bonds. The first-order valence-electron chi connectivity index (χ1n) is 13.5. The molecular weight excluding hydrogens is 493 g/mol. The summed E-state index contributed by atoms with van der Waals surface area (Å²) in [5.41, 5.74) is 5.84. The predicted molar refractivity (Wildman–Crippen MR) is 163 cm³/mol. The van der Waals surface area contributed by atoms with Crippen molar-refractivity contribution in [2.75, 3.05) is 0 Å². The smallest absolute Gasteiger partial charge is 0.216 e. The van der Waals surface area contributed by atoms with E-state index in [1.165, 1.54) is 16.2 Å². The summed E-state index contributed by atoms with van der Waals surface area (Å²) in [5, 5.41) is 8.93. The van der Waals surface area contributed by atoms with Crippen LogP contribution in [0.2, 0.25) is 0 Å². The SMILES string of the molecule is Cc1ccc2c(oc3c(-c4ccc5c6ccccc6c6ccccc6c5c4)c(F)ccc32)c1-c1cccc[n+]1C. The van der Waals surface area contributed by atoms with Crippen molar-refractivity contribution in [1.29, 1.82) is 0 Å². The highest BCUT2D eigenvalue weighted by molar-refractivity contribution is 6.26. The number of halogens is 1. The van der Waals surface area contributed by atoms with E-state index in [0.29, 0.717) is 11.1 Å². The third-order valence-electron chi connectivity index (χ3n) is 8.31. The second kappa shape index (κ2) is 8.49. The predicted octanol–water partition coefficient (Wildman–Crippen LogP) is 9.65. The molecule has 8 rings (SSSR count). The Labute approximate surface area is 230 Å². The van der Waals surface area contributed by atoms with Crippen LogP contribution in [0.5, 0.6) is 0 Å². The van der Waals surface area contributed by atoms with Gasteiger partial charge in [-0.3, -0.25) is 0 Å².